The average molecular weight is 257 g/mol. The number of benzene rings is 1. The SMILES string of the molecule is COc1cc2c(cc1OC)S(=O)(=O)N=C(N)N2. The Labute approximate surface area is 98.3 Å². The minimum Gasteiger partial charge on any atom is -0.493 e. The summed E-state index contributed by atoms with van der Waals surface area (Å²) in [5.41, 5.74) is 5.69. The molecule has 92 valence electrons. The molecule has 0 radical (unpaired) electrons. The van der Waals surface area contributed by atoms with Crippen LogP contribution in [0.4, 0.5) is 5.69 Å². The zero-order valence-corrected chi connectivity index (χ0v) is 10.0. The lowest BCUT2D eigenvalue weighted by atomic mass is 10.2. The number of fused-ring (bicyclic) bond motifs is 1. The van der Waals surface area contributed by atoms with Gasteiger partial charge >= 0.3 is 0 Å². The van der Waals surface area contributed by atoms with Crippen molar-refractivity contribution >= 4 is 21.7 Å². The molecule has 0 saturated carbocycles. The number of nitrogens with two attached hydrogens (primary N) is 1. The van der Waals surface area contributed by atoms with Crippen molar-refractivity contribution in [2.24, 2.45) is 10.1 Å². The number of ether oxygens (including phenoxy) is 2. The second-order valence-corrected chi connectivity index (χ2v) is 4.85. The number of sulfonamides is 1. The van der Waals surface area contributed by atoms with Crippen LogP contribution in [0.2, 0.25) is 0 Å². The van der Waals surface area contributed by atoms with Gasteiger partial charge in [-0.1, -0.05) is 0 Å². The first-order chi connectivity index (χ1) is 7.97. The van der Waals surface area contributed by atoms with Gasteiger partial charge in [-0.15, -0.1) is 4.40 Å². The molecule has 8 heteroatoms. The van der Waals surface area contributed by atoms with Crippen molar-refractivity contribution < 1.29 is 17.9 Å². The van der Waals surface area contributed by atoms with Gasteiger partial charge in [0.25, 0.3) is 10.0 Å². The van der Waals surface area contributed by atoms with E-state index in [2.05, 4.69) is 9.71 Å². The summed E-state index contributed by atoms with van der Waals surface area (Å²) < 4.78 is 36.9. The van der Waals surface area contributed by atoms with Crippen LogP contribution in [0.15, 0.2) is 21.4 Å². The van der Waals surface area contributed by atoms with E-state index in [4.69, 9.17) is 15.2 Å². The molecule has 0 aliphatic carbocycles. The minimum absolute atomic E-state index is 0.00403. The number of rotatable bonds is 2. The summed E-state index contributed by atoms with van der Waals surface area (Å²) in [6, 6.07) is 2.83. The first-order valence-corrected chi connectivity index (χ1v) is 6.05. The molecule has 0 spiro atoms. The van der Waals surface area contributed by atoms with E-state index in [1.165, 1.54) is 26.4 Å². The van der Waals surface area contributed by atoms with E-state index < -0.39 is 10.0 Å². The molecule has 2 rings (SSSR count). The largest absolute Gasteiger partial charge is 0.493 e. The van der Waals surface area contributed by atoms with E-state index in [1.807, 2.05) is 0 Å². The molecule has 0 saturated heterocycles. The first-order valence-electron chi connectivity index (χ1n) is 4.61. The number of nitrogens with zero attached hydrogens (tertiary/aromatic N) is 1. The molecule has 0 aromatic heterocycles. The Morgan fingerprint density at radius 3 is 2.41 bits per heavy atom. The van der Waals surface area contributed by atoms with Crippen LogP contribution >= 0.6 is 0 Å². The Hall–Kier alpha value is -1.96. The van der Waals surface area contributed by atoms with Gasteiger partial charge in [0, 0.05) is 12.1 Å². The second kappa shape index (κ2) is 3.81. The highest BCUT2D eigenvalue weighted by Crippen LogP contribution is 2.37. The topological polar surface area (TPSA) is 103 Å². The van der Waals surface area contributed by atoms with Gasteiger partial charge in [0.05, 0.1) is 19.9 Å². The highest BCUT2D eigenvalue weighted by atomic mass is 32.2. The van der Waals surface area contributed by atoms with E-state index in [0.717, 1.165) is 0 Å². The first kappa shape index (κ1) is 11.5. The Morgan fingerprint density at radius 1 is 1.24 bits per heavy atom. The van der Waals surface area contributed by atoms with Crippen LogP contribution in [0, 0.1) is 0 Å². The lowest BCUT2D eigenvalue weighted by Gasteiger charge is -2.18. The van der Waals surface area contributed by atoms with Crippen molar-refractivity contribution in [3.05, 3.63) is 12.1 Å². The average Bonchev–Trinajstić information content (AvgIpc) is 2.26. The molecule has 1 aromatic rings. The van der Waals surface area contributed by atoms with Gasteiger partial charge in [-0.3, -0.25) is 0 Å². The highest BCUT2D eigenvalue weighted by molar-refractivity contribution is 7.90. The van der Waals surface area contributed by atoms with Gasteiger partial charge < -0.3 is 20.5 Å². The van der Waals surface area contributed by atoms with Crippen LogP contribution in [-0.4, -0.2) is 28.6 Å². The number of hydrogen-bond acceptors (Lipinski definition) is 6. The molecule has 0 unspecified atom stereocenters. The maximum Gasteiger partial charge on any atom is 0.287 e. The van der Waals surface area contributed by atoms with Crippen LogP contribution in [0.5, 0.6) is 11.5 Å². The minimum atomic E-state index is -3.78. The zero-order chi connectivity index (χ0) is 12.6. The van der Waals surface area contributed by atoms with E-state index >= 15 is 0 Å². The fourth-order valence-corrected chi connectivity index (χ4v) is 2.56. The van der Waals surface area contributed by atoms with Crippen LogP contribution in [0.3, 0.4) is 0 Å². The Morgan fingerprint density at radius 2 is 1.82 bits per heavy atom. The standard InChI is InChI=1S/C9H11N3O4S/c1-15-6-3-5-8(4-7(6)16-2)17(13,14)12-9(10)11-5/h3-4H,1-2H3,(H3,10,11,12). The van der Waals surface area contributed by atoms with Gasteiger partial charge in [0.2, 0.25) is 5.96 Å². The summed E-state index contributed by atoms with van der Waals surface area (Å²) in [5, 5.41) is 2.65. The van der Waals surface area contributed by atoms with Crippen LogP contribution < -0.4 is 20.5 Å². The molecule has 0 amide bonds. The molecular formula is C9H11N3O4S. The van der Waals surface area contributed by atoms with Crippen molar-refractivity contribution in [2.75, 3.05) is 19.5 Å². The van der Waals surface area contributed by atoms with Crippen LogP contribution in [0.1, 0.15) is 0 Å². The van der Waals surface area contributed by atoms with Gasteiger partial charge in [-0.05, 0) is 0 Å². The third-order valence-electron chi connectivity index (χ3n) is 2.24. The Bertz CT molecular complexity index is 595. The predicted octanol–water partition coefficient (Wildman–Crippen LogP) is 0.133. The molecule has 3 N–H and O–H groups in total. The Balaban J connectivity index is 2.69. The van der Waals surface area contributed by atoms with Crippen LogP contribution in [0.25, 0.3) is 0 Å². The van der Waals surface area contributed by atoms with Gasteiger partial charge in [0.1, 0.15) is 4.90 Å². The lowest BCUT2D eigenvalue weighted by Crippen LogP contribution is -2.28. The second-order valence-electron chi connectivity index (χ2n) is 3.28. The Kier molecular flexibility index (Phi) is 2.58. The van der Waals surface area contributed by atoms with Crippen molar-refractivity contribution in [1.82, 2.24) is 0 Å². The van der Waals surface area contributed by atoms with Crippen molar-refractivity contribution in [2.45, 2.75) is 4.90 Å². The molecule has 17 heavy (non-hydrogen) atoms. The molecule has 1 aliphatic rings. The molecule has 0 atom stereocenters. The third-order valence-corrected chi connectivity index (χ3v) is 3.58. The quantitative estimate of drug-likeness (QED) is 0.780. The van der Waals surface area contributed by atoms with Crippen LogP contribution in [-0.2, 0) is 10.0 Å². The van der Waals surface area contributed by atoms with Crippen molar-refractivity contribution in [1.29, 1.82) is 0 Å². The molecule has 1 heterocycles. The summed E-state index contributed by atoms with van der Waals surface area (Å²) >= 11 is 0. The zero-order valence-electron chi connectivity index (χ0n) is 9.22. The summed E-state index contributed by atoms with van der Waals surface area (Å²) in [6.45, 7) is 0. The monoisotopic (exact) mass is 257 g/mol. The molecule has 0 bridgehead atoms. The maximum atomic E-state index is 11.7. The fourth-order valence-electron chi connectivity index (χ4n) is 1.51. The fraction of sp³-hybridized carbons (Fsp3) is 0.222. The number of methoxy groups -OCH3 is 2. The maximum absolute atomic E-state index is 11.7. The number of nitrogens with one attached hydrogen (secondary N) is 1. The molecule has 7 nitrogen and oxygen atoms in total. The van der Waals surface area contributed by atoms with Crippen molar-refractivity contribution in [3.8, 4) is 11.5 Å². The normalized spacial score (nSPS) is 16.5. The summed E-state index contributed by atoms with van der Waals surface area (Å²) in [4.78, 5) is 0.00403. The third kappa shape index (κ3) is 1.86. The number of anilines is 1. The van der Waals surface area contributed by atoms with E-state index in [1.54, 1.807) is 0 Å². The molecule has 0 fully saturated rings. The summed E-state index contributed by atoms with van der Waals surface area (Å²) in [7, 11) is -0.905. The summed E-state index contributed by atoms with van der Waals surface area (Å²) in [6.07, 6.45) is 0. The highest BCUT2D eigenvalue weighted by Gasteiger charge is 2.26. The smallest absolute Gasteiger partial charge is 0.287 e. The summed E-state index contributed by atoms with van der Waals surface area (Å²) in [5.74, 6) is 0.542. The lowest BCUT2D eigenvalue weighted by molar-refractivity contribution is 0.354. The number of hydrogen-bond donors (Lipinski definition) is 2. The van der Waals surface area contributed by atoms with E-state index in [9.17, 15) is 8.42 Å². The van der Waals surface area contributed by atoms with Gasteiger partial charge in [-0.25, -0.2) is 0 Å². The van der Waals surface area contributed by atoms with E-state index in [-0.39, 0.29) is 10.9 Å². The van der Waals surface area contributed by atoms with E-state index in [0.29, 0.717) is 17.2 Å². The predicted molar refractivity (Wildman–Crippen MR) is 62.0 cm³/mol. The van der Waals surface area contributed by atoms with Crippen molar-refractivity contribution in [3.63, 3.8) is 0 Å². The number of guanidine groups is 1. The molecule has 1 aliphatic heterocycles. The van der Waals surface area contributed by atoms with Gasteiger partial charge in [0.15, 0.2) is 11.5 Å². The molecule has 1 aromatic carbocycles. The molecular weight excluding hydrogens is 246 g/mol. The van der Waals surface area contributed by atoms with Gasteiger partial charge in [-0.2, -0.15) is 8.42 Å².